The maximum Gasteiger partial charge on any atom is 0.220 e. The summed E-state index contributed by atoms with van der Waals surface area (Å²) in [6, 6.07) is 0.426. The lowest BCUT2D eigenvalue weighted by Crippen LogP contribution is -2.32. The van der Waals surface area contributed by atoms with Crippen molar-refractivity contribution in [2.45, 2.75) is 51.0 Å². The fraction of sp³-hybridized carbons (Fsp3) is 0.727. The van der Waals surface area contributed by atoms with Gasteiger partial charge >= 0.3 is 0 Å². The molecule has 1 aliphatic heterocycles. The number of carbonyl (C=O) groups excluding carboxylic acids is 1. The minimum Gasteiger partial charge on any atom is -0.353 e. The molecule has 74 valence electrons. The molecule has 1 heterocycles. The van der Waals surface area contributed by atoms with Crippen LogP contribution in [-0.2, 0) is 4.79 Å². The third-order valence-corrected chi connectivity index (χ3v) is 2.53. The van der Waals surface area contributed by atoms with Crippen LogP contribution in [0.3, 0.4) is 0 Å². The molecular formula is C11H19NO. The predicted octanol–water partition coefficient (Wildman–Crippen LogP) is 2.40. The van der Waals surface area contributed by atoms with Crippen LogP contribution in [-0.4, -0.2) is 11.9 Å². The van der Waals surface area contributed by atoms with Gasteiger partial charge < -0.3 is 5.32 Å². The first kappa shape index (κ1) is 10.3. The summed E-state index contributed by atoms with van der Waals surface area (Å²) in [5.74, 6) is 0.237. The van der Waals surface area contributed by atoms with Gasteiger partial charge in [-0.2, -0.15) is 0 Å². The van der Waals surface area contributed by atoms with Crippen molar-refractivity contribution in [3.8, 4) is 0 Å². The summed E-state index contributed by atoms with van der Waals surface area (Å²) in [5, 5.41) is 3.06. The summed E-state index contributed by atoms with van der Waals surface area (Å²) in [4.78, 5) is 11.2. The van der Waals surface area contributed by atoms with E-state index in [1.165, 1.54) is 6.42 Å². The normalized spacial score (nSPS) is 23.4. The molecule has 1 unspecified atom stereocenters. The first-order chi connectivity index (χ1) is 6.33. The quantitative estimate of drug-likeness (QED) is 0.523. The standard InChI is InChI=1S/C11H19NO/c1-2-3-4-7-10-8-5-6-9-11(13)12-10/h2,10H,1,3-9H2,(H,12,13). The molecule has 1 amide bonds. The Hall–Kier alpha value is -0.790. The number of nitrogens with one attached hydrogen (secondary N) is 1. The van der Waals surface area contributed by atoms with E-state index in [9.17, 15) is 4.79 Å². The molecular weight excluding hydrogens is 162 g/mol. The van der Waals surface area contributed by atoms with E-state index in [4.69, 9.17) is 0 Å². The van der Waals surface area contributed by atoms with Crippen LogP contribution < -0.4 is 5.32 Å². The van der Waals surface area contributed by atoms with Crippen LogP contribution in [0.5, 0.6) is 0 Å². The van der Waals surface area contributed by atoms with Gasteiger partial charge in [0.1, 0.15) is 0 Å². The van der Waals surface area contributed by atoms with E-state index >= 15 is 0 Å². The SMILES string of the molecule is C=CCCCC1CCCCC(=O)N1. The van der Waals surface area contributed by atoms with Crippen LogP contribution in [0.4, 0.5) is 0 Å². The number of rotatable bonds is 4. The van der Waals surface area contributed by atoms with Gasteiger partial charge in [0.05, 0.1) is 0 Å². The second-order valence-corrected chi connectivity index (χ2v) is 3.73. The molecule has 0 aliphatic carbocycles. The number of hydrogen-bond donors (Lipinski definition) is 1. The molecule has 2 heteroatoms. The topological polar surface area (TPSA) is 29.1 Å². The Labute approximate surface area is 80.4 Å². The van der Waals surface area contributed by atoms with Gasteiger partial charge in [0.2, 0.25) is 5.91 Å². The van der Waals surface area contributed by atoms with Crippen molar-refractivity contribution in [2.75, 3.05) is 0 Å². The Bertz CT molecular complexity index is 177. The van der Waals surface area contributed by atoms with Crippen LogP contribution >= 0.6 is 0 Å². The summed E-state index contributed by atoms with van der Waals surface area (Å²) < 4.78 is 0. The maximum atomic E-state index is 11.2. The van der Waals surface area contributed by atoms with Crippen LogP contribution in [0.2, 0.25) is 0 Å². The number of carbonyl (C=O) groups is 1. The van der Waals surface area contributed by atoms with Gasteiger partial charge in [-0.3, -0.25) is 4.79 Å². The molecule has 0 aromatic rings. The highest BCUT2D eigenvalue weighted by Gasteiger charge is 2.15. The third kappa shape index (κ3) is 4.11. The average molecular weight is 181 g/mol. The van der Waals surface area contributed by atoms with Gasteiger partial charge in [0.15, 0.2) is 0 Å². The first-order valence-electron chi connectivity index (χ1n) is 5.23. The number of amides is 1. The number of hydrogen-bond acceptors (Lipinski definition) is 1. The van der Waals surface area contributed by atoms with E-state index < -0.39 is 0 Å². The smallest absolute Gasteiger partial charge is 0.220 e. The molecule has 0 spiro atoms. The minimum atomic E-state index is 0.237. The van der Waals surface area contributed by atoms with Gasteiger partial charge in [0.25, 0.3) is 0 Å². The van der Waals surface area contributed by atoms with Crippen molar-refractivity contribution < 1.29 is 4.79 Å². The monoisotopic (exact) mass is 181 g/mol. The molecule has 1 rings (SSSR count). The molecule has 1 fully saturated rings. The average Bonchev–Trinajstić information content (AvgIpc) is 2.31. The molecule has 1 saturated heterocycles. The zero-order chi connectivity index (χ0) is 9.52. The minimum absolute atomic E-state index is 0.237. The van der Waals surface area contributed by atoms with Crippen LogP contribution in [0.15, 0.2) is 12.7 Å². The lowest BCUT2D eigenvalue weighted by molar-refractivity contribution is -0.121. The summed E-state index contributed by atoms with van der Waals surface area (Å²) in [6.07, 6.45) is 9.39. The fourth-order valence-electron chi connectivity index (χ4n) is 1.77. The van der Waals surface area contributed by atoms with E-state index in [1.54, 1.807) is 0 Å². The van der Waals surface area contributed by atoms with Gasteiger partial charge in [-0.25, -0.2) is 0 Å². The largest absolute Gasteiger partial charge is 0.353 e. The highest BCUT2D eigenvalue weighted by atomic mass is 16.1. The molecule has 0 aromatic carbocycles. The van der Waals surface area contributed by atoms with Crippen molar-refractivity contribution in [1.82, 2.24) is 5.32 Å². The highest BCUT2D eigenvalue weighted by molar-refractivity contribution is 5.76. The lowest BCUT2D eigenvalue weighted by Gasteiger charge is -2.14. The van der Waals surface area contributed by atoms with E-state index in [0.29, 0.717) is 6.04 Å². The molecule has 2 nitrogen and oxygen atoms in total. The van der Waals surface area contributed by atoms with Crippen LogP contribution in [0.25, 0.3) is 0 Å². The zero-order valence-corrected chi connectivity index (χ0v) is 8.22. The van der Waals surface area contributed by atoms with E-state index in [2.05, 4.69) is 11.9 Å². The van der Waals surface area contributed by atoms with Crippen LogP contribution in [0, 0.1) is 0 Å². The van der Waals surface area contributed by atoms with Crippen molar-refractivity contribution in [3.63, 3.8) is 0 Å². The summed E-state index contributed by atoms with van der Waals surface area (Å²) >= 11 is 0. The Kier molecular flexibility index (Phi) is 4.58. The second-order valence-electron chi connectivity index (χ2n) is 3.73. The van der Waals surface area contributed by atoms with Crippen LogP contribution in [0.1, 0.15) is 44.9 Å². The Morgan fingerprint density at radius 1 is 1.54 bits per heavy atom. The number of unbranched alkanes of at least 4 members (excludes halogenated alkanes) is 1. The number of allylic oxidation sites excluding steroid dienone is 1. The zero-order valence-electron chi connectivity index (χ0n) is 8.22. The highest BCUT2D eigenvalue weighted by Crippen LogP contribution is 2.13. The van der Waals surface area contributed by atoms with Crippen molar-refractivity contribution in [1.29, 1.82) is 0 Å². The Morgan fingerprint density at radius 3 is 3.15 bits per heavy atom. The lowest BCUT2D eigenvalue weighted by atomic mass is 10.0. The first-order valence-corrected chi connectivity index (χ1v) is 5.23. The molecule has 1 aliphatic rings. The summed E-state index contributed by atoms with van der Waals surface area (Å²) in [6.45, 7) is 3.69. The summed E-state index contributed by atoms with van der Waals surface area (Å²) in [7, 11) is 0. The Morgan fingerprint density at radius 2 is 2.38 bits per heavy atom. The van der Waals surface area contributed by atoms with Crippen molar-refractivity contribution in [2.24, 2.45) is 0 Å². The molecule has 13 heavy (non-hydrogen) atoms. The fourth-order valence-corrected chi connectivity index (χ4v) is 1.77. The van der Waals surface area contributed by atoms with E-state index in [-0.39, 0.29) is 5.91 Å². The molecule has 0 radical (unpaired) electrons. The second kappa shape index (κ2) is 5.79. The molecule has 0 aromatic heterocycles. The molecule has 0 bridgehead atoms. The van der Waals surface area contributed by atoms with Crippen molar-refractivity contribution >= 4 is 5.91 Å². The molecule has 0 saturated carbocycles. The van der Waals surface area contributed by atoms with E-state index in [1.807, 2.05) is 6.08 Å². The maximum absolute atomic E-state index is 11.2. The van der Waals surface area contributed by atoms with Gasteiger partial charge in [0, 0.05) is 12.5 Å². The van der Waals surface area contributed by atoms with E-state index in [0.717, 1.165) is 38.5 Å². The third-order valence-electron chi connectivity index (χ3n) is 2.53. The van der Waals surface area contributed by atoms with Crippen molar-refractivity contribution in [3.05, 3.63) is 12.7 Å². The van der Waals surface area contributed by atoms with Gasteiger partial charge in [-0.1, -0.05) is 12.5 Å². The predicted molar refractivity (Wildman–Crippen MR) is 54.4 cm³/mol. The van der Waals surface area contributed by atoms with Gasteiger partial charge in [-0.15, -0.1) is 6.58 Å². The Balaban J connectivity index is 2.22. The molecule has 1 atom stereocenters. The molecule has 1 N–H and O–H groups in total. The van der Waals surface area contributed by atoms with Gasteiger partial charge in [-0.05, 0) is 32.1 Å². The summed E-state index contributed by atoms with van der Waals surface area (Å²) in [5.41, 5.74) is 0.